The van der Waals surface area contributed by atoms with Crippen LogP contribution in [-0.4, -0.2) is 32.7 Å². The first kappa shape index (κ1) is 20.1. The van der Waals surface area contributed by atoms with E-state index < -0.39 is 0 Å². The largest absolute Gasteiger partial charge is 0.295 e. The fourth-order valence-electron chi connectivity index (χ4n) is 3.46. The van der Waals surface area contributed by atoms with Crippen molar-refractivity contribution in [3.63, 3.8) is 0 Å². The van der Waals surface area contributed by atoms with Gasteiger partial charge in [0.15, 0.2) is 11.5 Å². The van der Waals surface area contributed by atoms with Crippen molar-refractivity contribution < 1.29 is 4.79 Å². The van der Waals surface area contributed by atoms with E-state index >= 15 is 0 Å². The third-order valence-corrected chi connectivity index (χ3v) is 5.59. The van der Waals surface area contributed by atoms with E-state index in [1.807, 2.05) is 17.7 Å². The number of amides is 1. The lowest BCUT2D eigenvalue weighted by atomic mass is 10.1. The second kappa shape index (κ2) is 6.96. The molecule has 0 spiro atoms. The molecule has 152 valence electrons. The Hall–Kier alpha value is -2.18. The highest BCUT2D eigenvalue weighted by Gasteiger charge is 2.31. The topological polar surface area (TPSA) is 63.9 Å². The molecule has 1 fully saturated rings. The standard InChI is InChI=1S/C21H23Cl2N5O/c1-11-17-14(20(29)27(5)18-15(23)8-13(22)10-24-18)9-16(12-6-7-12)25-19(17)28(26-11)21(2,3)4/h8-10,12H,6-7H2,1-5H3. The molecule has 1 amide bonds. The molecular formula is C21H23Cl2N5O. The number of pyridine rings is 2. The summed E-state index contributed by atoms with van der Waals surface area (Å²) in [5, 5.41) is 6.22. The Labute approximate surface area is 179 Å². The van der Waals surface area contributed by atoms with Crippen LogP contribution in [0.1, 0.15) is 61.3 Å². The van der Waals surface area contributed by atoms with Crippen LogP contribution in [0.3, 0.4) is 0 Å². The zero-order chi connectivity index (χ0) is 21.1. The predicted octanol–water partition coefficient (Wildman–Crippen LogP) is 5.35. The van der Waals surface area contributed by atoms with E-state index in [0.29, 0.717) is 27.3 Å². The van der Waals surface area contributed by atoms with Gasteiger partial charge in [0.1, 0.15) is 0 Å². The third kappa shape index (κ3) is 3.60. The maximum absolute atomic E-state index is 13.5. The number of hydrogen-bond donors (Lipinski definition) is 0. The SMILES string of the molecule is Cc1nn(C(C)(C)C)c2nc(C3CC3)cc(C(=O)N(C)c3ncc(Cl)cc3Cl)c12. The van der Waals surface area contributed by atoms with E-state index in [2.05, 4.69) is 25.8 Å². The molecule has 0 N–H and O–H groups in total. The molecule has 1 aliphatic rings. The minimum absolute atomic E-state index is 0.201. The van der Waals surface area contributed by atoms with Crippen LogP contribution in [0, 0.1) is 6.92 Å². The summed E-state index contributed by atoms with van der Waals surface area (Å²) < 4.78 is 1.91. The van der Waals surface area contributed by atoms with Crippen molar-refractivity contribution in [1.82, 2.24) is 19.7 Å². The molecule has 29 heavy (non-hydrogen) atoms. The molecule has 1 saturated carbocycles. The van der Waals surface area contributed by atoms with Crippen molar-refractivity contribution in [3.05, 3.63) is 45.3 Å². The van der Waals surface area contributed by atoms with E-state index in [9.17, 15) is 4.79 Å². The van der Waals surface area contributed by atoms with Crippen molar-refractivity contribution in [2.24, 2.45) is 0 Å². The molecule has 0 bridgehead atoms. The van der Waals surface area contributed by atoms with E-state index in [1.54, 1.807) is 13.1 Å². The van der Waals surface area contributed by atoms with Crippen molar-refractivity contribution in [1.29, 1.82) is 0 Å². The van der Waals surface area contributed by atoms with E-state index in [0.717, 1.165) is 35.3 Å². The Morgan fingerprint density at radius 1 is 1.24 bits per heavy atom. The smallest absolute Gasteiger partial charge is 0.260 e. The average molecular weight is 432 g/mol. The number of carbonyl (C=O) groups excluding carboxylic acids is 1. The van der Waals surface area contributed by atoms with Crippen LogP contribution in [0.25, 0.3) is 11.0 Å². The summed E-state index contributed by atoms with van der Waals surface area (Å²) >= 11 is 12.2. The minimum atomic E-state index is -0.255. The summed E-state index contributed by atoms with van der Waals surface area (Å²) in [6.07, 6.45) is 3.66. The zero-order valence-corrected chi connectivity index (χ0v) is 18.6. The fourth-order valence-corrected chi connectivity index (χ4v) is 3.97. The molecule has 3 heterocycles. The molecule has 0 unspecified atom stereocenters. The van der Waals surface area contributed by atoms with E-state index in [-0.39, 0.29) is 11.4 Å². The maximum atomic E-state index is 13.5. The molecule has 8 heteroatoms. The molecule has 0 saturated heterocycles. The first-order valence-corrected chi connectivity index (χ1v) is 10.3. The van der Waals surface area contributed by atoms with Gasteiger partial charge in [-0.3, -0.25) is 9.69 Å². The Bertz CT molecular complexity index is 1130. The second-order valence-electron chi connectivity index (χ2n) is 8.56. The van der Waals surface area contributed by atoms with Gasteiger partial charge in [0.25, 0.3) is 5.91 Å². The fraction of sp³-hybridized carbons (Fsp3) is 0.429. The highest BCUT2D eigenvalue weighted by molar-refractivity contribution is 6.36. The van der Waals surface area contributed by atoms with Gasteiger partial charge in [-0.1, -0.05) is 23.2 Å². The number of aryl methyl sites for hydroxylation is 1. The number of nitrogens with zero attached hydrogens (tertiary/aromatic N) is 5. The summed E-state index contributed by atoms with van der Waals surface area (Å²) in [6.45, 7) is 8.15. The number of halogens is 2. The molecule has 0 atom stereocenters. The van der Waals surface area contributed by atoms with Crippen LogP contribution in [0.5, 0.6) is 0 Å². The van der Waals surface area contributed by atoms with Gasteiger partial charge in [0.2, 0.25) is 0 Å². The van der Waals surface area contributed by atoms with E-state index in [4.69, 9.17) is 33.3 Å². The molecule has 4 rings (SSSR count). The lowest BCUT2D eigenvalue weighted by Gasteiger charge is -2.21. The van der Waals surface area contributed by atoms with Gasteiger partial charge in [-0.15, -0.1) is 0 Å². The Balaban J connectivity index is 1.90. The Morgan fingerprint density at radius 3 is 2.52 bits per heavy atom. The van der Waals surface area contributed by atoms with Crippen molar-refractivity contribution >= 4 is 46.0 Å². The highest BCUT2D eigenvalue weighted by atomic mass is 35.5. The lowest BCUT2D eigenvalue weighted by Crippen LogP contribution is -2.28. The number of rotatable bonds is 3. The van der Waals surface area contributed by atoms with Crippen molar-refractivity contribution in [2.75, 3.05) is 11.9 Å². The second-order valence-corrected chi connectivity index (χ2v) is 9.40. The first-order valence-electron chi connectivity index (χ1n) is 9.57. The van der Waals surface area contributed by atoms with Crippen LogP contribution < -0.4 is 4.90 Å². The average Bonchev–Trinajstić information content (AvgIpc) is 3.43. The molecule has 0 radical (unpaired) electrons. The van der Waals surface area contributed by atoms with Crippen molar-refractivity contribution in [3.8, 4) is 0 Å². The summed E-state index contributed by atoms with van der Waals surface area (Å²) in [5.74, 6) is 0.560. The first-order chi connectivity index (χ1) is 13.6. The van der Waals surface area contributed by atoms with Gasteiger partial charge in [0, 0.05) is 24.9 Å². The molecule has 1 aliphatic carbocycles. The Kier molecular flexibility index (Phi) is 4.82. The van der Waals surface area contributed by atoms with Gasteiger partial charge in [-0.2, -0.15) is 5.10 Å². The number of anilines is 1. The van der Waals surface area contributed by atoms with Crippen LogP contribution in [0.2, 0.25) is 10.0 Å². The van der Waals surface area contributed by atoms with Gasteiger partial charge in [-0.05, 0) is 52.7 Å². The zero-order valence-electron chi connectivity index (χ0n) is 17.1. The van der Waals surface area contributed by atoms with Crippen LogP contribution in [0.15, 0.2) is 18.3 Å². The van der Waals surface area contributed by atoms with Crippen molar-refractivity contribution in [2.45, 2.75) is 52.0 Å². The molecule has 6 nitrogen and oxygen atoms in total. The number of fused-ring (bicyclic) bond motifs is 1. The summed E-state index contributed by atoms with van der Waals surface area (Å²) in [6, 6.07) is 3.49. The molecular weight excluding hydrogens is 409 g/mol. The van der Waals surface area contributed by atoms with Crippen LogP contribution >= 0.6 is 23.2 Å². The summed E-state index contributed by atoms with van der Waals surface area (Å²) in [7, 11) is 1.66. The van der Waals surface area contributed by atoms with Gasteiger partial charge >= 0.3 is 0 Å². The molecule has 0 aliphatic heterocycles. The minimum Gasteiger partial charge on any atom is -0.295 e. The van der Waals surface area contributed by atoms with E-state index in [1.165, 1.54) is 11.1 Å². The maximum Gasteiger partial charge on any atom is 0.260 e. The normalized spacial score (nSPS) is 14.4. The third-order valence-electron chi connectivity index (χ3n) is 5.10. The summed E-state index contributed by atoms with van der Waals surface area (Å²) in [4.78, 5) is 24.1. The van der Waals surface area contributed by atoms with Gasteiger partial charge in [0.05, 0.1) is 32.2 Å². The number of hydrogen-bond acceptors (Lipinski definition) is 4. The highest BCUT2D eigenvalue weighted by Crippen LogP contribution is 2.41. The lowest BCUT2D eigenvalue weighted by molar-refractivity contribution is 0.0993. The summed E-state index contributed by atoms with van der Waals surface area (Å²) in [5.41, 5.74) is 2.77. The van der Waals surface area contributed by atoms with Crippen LogP contribution in [0.4, 0.5) is 5.82 Å². The monoisotopic (exact) mass is 431 g/mol. The number of aromatic nitrogens is 4. The number of carbonyl (C=O) groups is 1. The molecule has 3 aromatic heterocycles. The predicted molar refractivity (Wildman–Crippen MR) is 116 cm³/mol. The van der Waals surface area contributed by atoms with Crippen LogP contribution in [-0.2, 0) is 5.54 Å². The Morgan fingerprint density at radius 2 is 1.93 bits per heavy atom. The quantitative estimate of drug-likeness (QED) is 0.560. The van der Waals surface area contributed by atoms with Gasteiger partial charge < -0.3 is 0 Å². The molecule has 0 aromatic carbocycles. The van der Waals surface area contributed by atoms with Gasteiger partial charge in [-0.25, -0.2) is 14.6 Å². The molecule has 3 aromatic rings.